The third-order valence-electron chi connectivity index (χ3n) is 7.34. The highest BCUT2D eigenvalue weighted by molar-refractivity contribution is 5.97. The molecule has 0 bridgehead atoms. The SMILES string of the molecule is Cc1ccc2c(N)cccc2c1Oc1ncccc1-c1ccnc(N[C@H]2C[C@@H](F)CN(C(=O)OCc3ccccc3)C2)n1. The number of likely N-dealkylation sites (tertiary alicyclic amines) is 1. The molecule has 1 aliphatic rings. The van der Waals surface area contributed by atoms with Crippen LogP contribution in [0.4, 0.5) is 20.8 Å². The first-order valence-corrected chi connectivity index (χ1v) is 14.0. The number of piperidine rings is 1. The van der Waals surface area contributed by atoms with Crippen LogP contribution in [0.1, 0.15) is 17.5 Å². The van der Waals surface area contributed by atoms with E-state index in [1.807, 2.05) is 73.7 Å². The number of nitrogens with one attached hydrogen (secondary N) is 1. The lowest BCUT2D eigenvalue weighted by molar-refractivity contribution is 0.0685. The Hall–Kier alpha value is -5.25. The van der Waals surface area contributed by atoms with E-state index in [0.717, 1.165) is 21.9 Å². The topological polar surface area (TPSA) is 115 Å². The lowest BCUT2D eigenvalue weighted by Crippen LogP contribution is -2.50. The molecule has 218 valence electrons. The number of nitrogen functional groups attached to an aromatic ring is 1. The summed E-state index contributed by atoms with van der Waals surface area (Å²) in [5.41, 5.74) is 9.90. The third-order valence-corrected chi connectivity index (χ3v) is 7.34. The van der Waals surface area contributed by atoms with Gasteiger partial charge in [0.1, 0.15) is 18.5 Å². The van der Waals surface area contributed by atoms with Crippen LogP contribution in [0.2, 0.25) is 0 Å². The van der Waals surface area contributed by atoms with E-state index in [9.17, 15) is 9.18 Å². The molecule has 9 nitrogen and oxygen atoms in total. The number of hydrogen-bond donors (Lipinski definition) is 2. The van der Waals surface area contributed by atoms with Crippen molar-refractivity contribution in [2.75, 3.05) is 24.1 Å². The summed E-state index contributed by atoms with van der Waals surface area (Å²) in [4.78, 5) is 27.6. The summed E-state index contributed by atoms with van der Waals surface area (Å²) in [6.45, 7) is 2.32. The average molecular weight is 579 g/mol. The van der Waals surface area contributed by atoms with Gasteiger partial charge >= 0.3 is 6.09 Å². The summed E-state index contributed by atoms with van der Waals surface area (Å²) < 4.78 is 26.6. The maximum Gasteiger partial charge on any atom is 0.410 e. The van der Waals surface area contributed by atoms with E-state index in [4.69, 9.17) is 15.2 Å². The Morgan fingerprint density at radius 3 is 2.70 bits per heavy atom. The van der Waals surface area contributed by atoms with Crippen molar-refractivity contribution in [3.8, 4) is 22.9 Å². The zero-order valence-electron chi connectivity index (χ0n) is 23.6. The second kappa shape index (κ2) is 12.3. The standard InChI is InChI=1S/C33H31FN6O3/c1-21-12-13-25-26(9-5-11-28(25)35)30(21)43-31-27(10-6-15-36-31)29-14-16-37-32(39-29)38-24-17-23(34)18-40(19-24)33(41)42-20-22-7-3-2-4-8-22/h2-16,23-24H,17-20,35H2,1H3,(H,37,38,39)/t23-,24+/m1/s1. The van der Waals surface area contributed by atoms with Crippen LogP contribution < -0.4 is 15.8 Å². The molecule has 3 aromatic carbocycles. The first-order chi connectivity index (χ1) is 20.9. The van der Waals surface area contributed by atoms with Gasteiger partial charge in [-0.15, -0.1) is 0 Å². The summed E-state index contributed by atoms with van der Waals surface area (Å²) in [6, 6.07) is 24.1. The normalized spacial score (nSPS) is 16.6. The largest absolute Gasteiger partial charge is 0.445 e. The van der Waals surface area contributed by atoms with Gasteiger partial charge in [0.25, 0.3) is 0 Å². The maximum absolute atomic E-state index is 14.7. The van der Waals surface area contributed by atoms with Gasteiger partial charge in [-0.25, -0.2) is 24.1 Å². The number of aryl methyl sites for hydroxylation is 1. The highest BCUT2D eigenvalue weighted by Gasteiger charge is 2.31. The lowest BCUT2D eigenvalue weighted by atomic mass is 10.0. The molecule has 43 heavy (non-hydrogen) atoms. The predicted molar refractivity (Wildman–Crippen MR) is 164 cm³/mol. The van der Waals surface area contributed by atoms with Crippen LogP contribution in [0.15, 0.2) is 91.3 Å². The van der Waals surface area contributed by atoms with E-state index in [0.29, 0.717) is 34.5 Å². The van der Waals surface area contributed by atoms with Gasteiger partial charge in [-0.05, 0) is 42.3 Å². The number of ether oxygens (including phenoxy) is 2. The Bertz CT molecular complexity index is 1750. The monoisotopic (exact) mass is 578 g/mol. The van der Waals surface area contributed by atoms with Gasteiger partial charge in [0.05, 0.1) is 17.8 Å². The zero-order chi connectivity index (χ0) is 29.8. The molecule has 5 aromatic rings. The molecule has 1 amide bonds. The number of pyridine rings is 1. The first-order valence-electron chi connectivity index (χ1n) is 14.0. The highest BCUT2D eigenvalue weighted by atomic mass is 19.1. The Morgan fingerprint density at radius 1 is 0.977 bits per heavy atom. The average Bonchev–Trinajstić information content (AvgIpc) is 3.02. The number of hydrogen-bond acceptors (Lipinski definition) is 8. The lowest BCUT2D eigenvalue weighted by Gasteiger charge is -2.34. The smallest absolute Gasteiger partial charge is 0.410 e. The van der Waals surface area contributed by atoms with Crippen molar-refractivity contribution < 1.29 is 18.7 Å². The maximum atomic E-state index is 14.7. The van der Waals surface area contributed by atoms with E-state index < -0.39 is 18.3 Å². The minimum atomic E-state index is -1.21. The Morgan fingerprint density at radius 2 is 1.84 bits per heavy atom. The first kappa shape index (κ1) is 27.9. The summed E-state index contributed by atoms with van der Waals surface area (Å²) in [5.74, 6) is 1.34. The van der Waals surface area contributed by atoms with Crippen LogP contribution >= 0.6 is 0 Å². The zero-order valence-corrected chi connectivity index (χ0v) is 23.6. The molecule has 1 aliphatic heterocycles. The summed E-state index contributed by atoms with van der Waals surface area (Å²) in [5, 5.41) is 4.98. The van der Waals surface area contributed by atoms with E-state index in [2.05, 4.69) is 20.3 Å². The third kappa shape index (κ3) is 6.33. The van der Waals surface area contributed by atoms with Crippen LogP contribution in [0.25, 0.3) is 22.0 Å². The van der Waals surface area contributed by atoms with Gasteiger partial charge in [0, 0.05) is 47.9 Å². The van der Waals surface area contributed by atoms with Crippen molar-refractivity contribution in [1.82, 2.24) is 19.9 Å². The number of fused-ring (bicyclic) bond motifs is 1. The number of alkyl halides is 1. The van der Waals surface area contributed by atoms with Gasteiger partial charge in [-0.3, -0.25) is 0 Å². The molecular weight excluding hydrogens is 547 g/mol. The predicted octanol–water partition coefficient (Wildman–Crippen LogP) is 6.54. The summed E-state index contributed by atoms with van der Waals surface area (Å²) in [7, 11) is 0. The Labute approximate surface area is 248 Å². The fourth-order valence-corrected chi connectivity index (χ4v) is 5.23. The molecule has 2 aromatic heterocycles. The van der Waals surface area contributed by atoms with E-state index in [1.54, 1.807) is 24.5 Å². The number of carbonyl (C=O) groups excluding carboxylic acids is 1. The number of nitrogens with two attached hydrogens (primary N) is 1. The molecule has 1 fully saturated rings. The van der Waals surface area contributed by atoms with Crippen LogP contribution in [0, 0.1) is 6.92 Å². The molecule has 3 heterocycles. The number of amides is 1. The van der Waals surface area contributed by atoms with Gasteiger partial charge in [0.2, 0.25) is 11.8 Å². The summed E-state index contributed by atoms with van der Waals surface area (Å²) in [6.07, 6.45) is 1.71. The second-order valence-corrected chi connectivity index (χ2v) is 10.5. The second-order valence-electron chi connectivity index (χ2n) is 10.5. The van der Waals surface area contributed by atoms with Gasteiger partial charge in [-0.2, -0.15) is 0 Å². The van der Waals surface area contributed by atoms with Crippen molar-refractivity contribution in [2.24, 2.45) is 0 Å². The molecule has 0 saturated carbocycles. The van der Waals surface area contributed by atoms with E-state index in [-0.39, 0.29) is 26.1 Å². The fraction of sp³-hybridized carbons (Fsp3) is 0.212. The van der Waals surface area contributed by atoms with Crippen molar-refractivity contribution in [3.63, 3.8) is 0 Å². The number of carbonyl (C=O) groups is 1. The number of nitrogens with zero attached hydrogens (tertiary/aromatic N) is 4. The van der Waals surface area contributed by atoms with Crippen molar-refractivity contribution in [2.45, 2.75) is 32.2 Å². The minimum Gasteiger partial charge on any atom is -0.445 e. The van der Waals surface area contributed by atoms with Crippen LogP contribution in [0.3, 0.4) is 0 Å². The molecule has 10 heteroatoms. The highest BCUT2D eigenvalue weighted by Crippen LogP contribution is 2.38. The van der Waals surface area contributed by atoms with Crippen molar-refractivity contribution >= 4 is 28.5 Å². The number of anilines is 2. The Kier molecular flexibility index (Phi) is 7.99. The summed E-state index contributed by atoms with van der Waals surface area (Å²) >= 11 is 0. The van der Waals surface area contributed by atoms with E-state index >= 15 is 0 Å². The molecule has 3 N–H and O–H groups in total. The molecule has 2 atom stereocenters. The number of rotatable bonds is 7. The van der Waals surface area contributed by atoms with Crippen LogP contribution in [-0.2, 0) is 11.3 Å². The Balaban J connectivity index is 1.19. The molecule has 6 rings (SSSR count). The van der Waals surface area contributed by atoms with Gasteiger partial charge in [0.15, 0.2) is 0 Å². The van der Waals surface area contributed by atoms with Crippen molar-refractivity contribution in [1.29, 1.82) is 0 Å². The van der Waals surface area contributed by atoms with Gasteiger partial charge < -0.3 is 25.4 Å². The minimum absolute atomic E-state index is 0.0255. The molecule has 0 spiro atoms. The molecule has 0 aliphatic carbocycles. The molecular formula is C33H31FN6O3. The van der Waals surface area contributed by atoms with Crippen LogP contribution in [0.5, 0.6) is 11.6 Å². The van der Waals surface area contributed by atoms with Crippen LogP contribution in [-0.4, -0.2) is 51.2 Å². The molecule has 1 saturated heterocycles. The fourth-order valence-electron chi connectivity index (χ4n) is 5.23. The van der Waals surface area contributed by atoms with Crippen molar-refractivity contribution in [3.05, 3.63) is 102 Å². The molecule has 0 radical (unpaired) electrons. The number of benzene rings is 3. The van der Waals surface area contributed by atoms with E-state index in [1.165, 1.54) is 4.90 Å². The quantitative estimate of drug-likeness (QED) is 0.209. The number of halogens is 1. The number of aromatic nitrogens is 3. The van der Waals surface area contributed by atoms with Gasteiger partial charge in [-0.1, -0.05) is 54.6 Å². The molecule has 0 unspecified atom stereocenters.